The maximum atomic E-state index is 12.2. The molecule has 1 aliphatic heterocycles. The molecule has 0 unspecified atom stereocenters. The van der Waals surface area contributed by atoms with Crippen molar-refractivity contribution in [2.45, 2.75) is 93.5 Å². The molecule has 0 bridgehead atoms. The molecule has 129 heavy (non-hydrogen) atoms. The van der Waals surface area contributed by atoms with E-state index in [1.807, 2.05) is 50.4 Å². The summed E-state index contributed by atoms with van der Waals surface area (Å²) in [5, 5.41) is 100. The molecule has 8 aromatic heterocycles. The molecule has 0 N–H and O–H groups in total. The number of pyridine rings is 7. The Labute approximate surface area is 737 Å². The number of sulfonamides is 1. The number of carboxylic acid groups (broad SMARTS) is 9. The standard InChI is InChI=1S/2C16H15NO6.C16H15NO5.C15H14N2O4.C14H13NO4S.C12H17N3O4S/c1-23-11-4-2-10(3-5-11)13-7-6-12(16(21)22)15(20)17(13)9-8-14(18)19;1-2-23-11-5-3-10(4-6-11)13-8-7-12(16(21)22)15(20)17(13)9-14(18)19;1-9-3-4-11(10(2)7-9)13-6-5-12(16(21)22)15(20)17(13)8-14(18)19;1-10(18)7-9-17-13(12-4-2-3-8-16-12)6-5-11(14(17)19)15(20)21;1-9(16)6-7-15-11(12-3-2-8-20-12)5-4-10(13(15)17)14(18)19;1-2-20(18,19)15-8-6-14(7-9-15)11-10(12(16)17)4-3-5-13-11/h2-7H,8-9H2,1H3,(H,18,19)(H,21,22);3-8H,2,9H2,1H3,(H,18,19)(H,21,22);3-7H,8H2,1-2H3,(H,18,19)(H,21,22);2-6,8H,7,9H2,1H3,(H,20,21);2-5,8H,6-7H2,1H3,(H,18,19);3-5H,2,6-9H2,1H3,(H,16,17)/p-9. The van der Waals surface area contributed by atoms with Crippen LogP contribution in [-0.2, 0) is 66.7 Å². The first-order valence-corrected chi connectivity index (χ1v) is 41.3. The molecular weight excluding hydrogens is 1720 g/mol. The van der Waals surface area contributed by atoms with Gasteiger partial charge in [0, 0.05) is 94.6 Å². The van der Waals surface area contributed by atoms with Crippen molar-refractivity contribution >= 4 is 92.5 Å². The summed E-state index contributed by atoms with van der Waals surface area (Å²) >= 11 is 1.44. The van der Waals surface area contributed by atoms with E-state index in [9.17, 15) is 131 Å². The largest absolute Gasteiger partial charge is 0.550 e. The minimum Gasteiger partial charge on any atom is -0.550 e. The lowest BCUT2D eigenvalue weighted by atomic mass is 10.0. The number of carboxylic acids is 9. The van der Waals surface area contributed by atoms with Gasteiger partial charge in [-0.3, -0.25) is 38.5 Å². The fraction of sp³-hybridized carbons (Fsp3) is 0.236. The number of nitrogens with zero attached hydrogens (tertiary/aromatic N) is 9. The molecule has 40 heteroatoms. The molecule has 12 rings (SSSR count). The van der Waals surface area contributed by atoms with Gasteiger partial charge in [-0.15, -0.1) is 11.3 Å². The topological polar surface area (TPSA) is 590 Å². The molecule has 1 saturated heterocycles. The quantitative estimate of drug-likeness (QED) is 0.0445. The minimum absolute atomic E-state index is 0.0271. The third-order valence-corrected chi connectivity index (χ3v) is 21.7. The molecule has 1 fully saturated rings. The van der Waals surface area contributed by atoms with Crippen molar-refractivity contribution in [2.24, 2.45) is 0 Å². The van der Waals surface area contributed by atoms with Gasteiger partial charge in [0.2, 0.25) is 10.0 Å². The number of ketones is 2. The van der Waals surface area contributed by atoms with Crippen molar-refractivity contribution < 1.29 is 117 Å². The lowest BCUT2D eigenvalue weighted by Gasteiger charge is -2.35. The predicted octanol–water partition coefficient (Wildman–Crippen LogP) is -2.61. The van der Waals surface area contributed by atoms with Gasteiger partial charge in [-0.1, -0.05) is 35.9 Å². The third-order valence-electron chi connectivity index (χ3n) is 19.0. The molecule has 1 aliphatic rings. The molecule has 0 aliphatic carbocycles. The number of rotatable bonds is 30. The summed E-state index contributed by atoms with van der Waals surface area (Å²) < 4.78 is 40.6. The zero-order valence-electron chi connectivity index (χ0n) is 70.0. The fourth-order valence-corrected chi connectivity index (χ4v) is 14.5. The average molecular weight is 1800 g/mol. The van der Waals surface area contributed by atoms with E-state index in [1.165, 1.54) is 100 Å². The summed E-state index contributed by atoms with van der Waals surface area (Å²) in [6.07, 6.45) is 2.98. The molecule has 0 spiro atoms. The Morgan fingerprint density at radius 3 is 1.25 bits per heavy atom. The Bertz CT molecular complexity index is 6430. The second-order valence-corrected chi connectivity index (χ2v) is 30.9. The van der Waals surface area contributed by atoms with Crippen LogP contribution in [0.5, 0.6) is 11.5 Å². The number of aromatic nitrogens is 7. The Balaban J connectivity index is 0.000000212. The summed E-state index contributed by atoms with van der Waals surface area (Å²) in [4.78, 5) is 192. The van der Waals surface area contributed by atoms with E-state index in [2.05, 4.69) is 9.97 Å². The van der Waals surface area contributed by atoms with Gasteiger partial charge in [0.15, 0.2) is 0 Å². The van der Waals surface area contributed by atoms with Crippen LogP contribution in [0, 0.1) is 13.8 Å². The van der Waals surface area contributed by atoms with Crippen molar-refractivity contribution in [2.75, 3.05) is 50.5 Å². The number of Topliss-reactive ketones (excluding diaryl/α,β-unsaturated/α-hetero) is 2. The predicted molar refractivity (Wildman–Crippen MR) is 447 cm³/mol. The molecule has 11 aromatic rings. The number of aromatic carboxylic acids is 6. The Morgan fingerprint density at radius 1 is 0.419 bits per heavy atom. The maximum Gasteiger partial charge on any atom is 0.260 e. The van der Waals surface area contributed by atoms with Gasteiger partial charge in [0.05, 0.1) is 147 Å². The van der Waals surface area contributed by atoms with Crippen LogP contribution in [0.15, 0.2) is 212 Å². The number of aliphatic carboxylic acids is 3. The van der Waals surface area contributed by atoms with Gasteiger partial charge in [-0.25, -0.2) is 13.4 Å². The molecule has 0 saturated carbocycles. The summed E-state index contributed by atoms with van der Waals surface area (Å²) in [5.41, 5.74) is -0.342. The monoisotopic (exact) mass is 1800 g/mol. The molecule has 38 nitrogen and oxygen atoms in total. The van der Waals surface area contributed by atoms with Crippen LogP contribution in [0.25, 0.3) is 55.7 Å². The van der Waals surface area contributed by atoms with E-state index in [4.69, 9.17) is 9.47 Å². The van der Waals surface area contributed by atoms with Crippen LogP contribution in [0.3, 0.4) is 0 Å². The molecule has 0 amide bonds. The van der Waals surface area contributed by atoms with Crippen molar-refractivity contribution in [1.29, 1.82) is 0 Å². The number of carbonyl (C=O) groups excluding carboxylic acids is 11. The number of benzene rings is 3. The summed E-state index contributed by atoms with van der Waals surface area (Å²) in [6.45, 7) is 10.6. The van der Waals surface area contributed by atoms with Crippen molar-refractivity contribution in [1.82, 2.24) is 37.1 Å². The molecule has 9 heterocycles. The number of carbonyl (C=O) groups is 11. The van der Waals surface area contributed by atoms with Gasteiger partial charge in [-0.05, 0) is 203 Å². The maximum absolute atomic E-state index is 12.2. The van der Waals surface area contributed by atoms with E-state index in [0.717, 1.165) is 47.9 Å². The smallest absolute Gasteiger partial charge is 0.260 e. The Kier molecular flexibility index (Phi) is 36.5. The fourth-order valence-electron chi connectivity index (χ4n) is 12.7. The average Bonchev–Trinajstić information content (AvgIpc) is 1.58. The molecule has 676 valence electrons. The van der Waals surface area contributed by atoms with Crippen LogP contribution in [0.2, 0.25) is 0 Å². The molecule has 0 atom stereocenters. The van der Waals surface area contributed by atoms with Gasteiger partial charge >= 0.3 is 0 Å². The van der Waals surface area contributed by atoms with Crippen LogP contribution in [-0.4, -0.2) is 156 Å². The summed E-state index contributed by atoms with van der Waals surface area (Å²) in [6, 6.07) is 43.7. The highest BCUT2D eigenvalue weighted by Crippen LogP contribution is 2.29. The van der Waals surface area contributed by atoms with E-state index >= 15 is 0 Å². The van der Waals surface area contributed by atoms with Crippen molar-refractivity contribution in [3.05, 3.63) is 284 Å². The van der Waals surface area contributed by atoms with Crippen molar-refractivity contribution in [3.8, 4) is 67.2 Å². The Morgan fingerprint density at radius 2 is 0.837 bits per heavy atom. The van der Waals surface area contributed by atoms with E-state index in [0.29, 0.717) is 95.3 Å². The second kappa shape index (κ2) is 46.9. The highest BCUT2D eigenvalue weighted by molar-refractivity contribution is 7.89. The van der Waals surface area contributed by atoms with Gasteiger partial charge in [-0.2, -0.15) is 4.31 Å². The van der Waals surface area contributed by atoms with Crippen LogP contribution in [0.1, 0.15) is 120 Å². The first-order chi connectivity index (χ1) is 61.1. The van der Waals surface area contributed by atoms with E-state index in [-0.39, 0.29) is 61.1 Å². The molecule has 0 radical (unpaired) electrons. The van der Waals surface area contributed by atoms with Gasteiger partial charge in [0.25, 0.3) is 27.8 Å². The lowest BCUT2D eigenvalue weighted by Crippen LogP contribution is -2.49. The number of aryl methyl sites for hydroxylation is 2. The zero-order chi connectivity index (χ0) is 95.3. The summed E-state index contributed by atoms with van der Waals surface area (Å²) in [5.74, 6) is -12.1. The number of thiophene rings is 1. The number of methoxy groups -OCH3 is 1. The first kappa shape index (κ1) is 100. The van der Waals surface area contributed by atoms with Gasteiger partial charge < -0.3 is 126 Å². The number of ether oxygens (including phenoxy) is 2. The zero-order valence-corrected chi connectivity index (χ0v) is 71.6. The van der Waals surface area contributed by atoms with Crippen LogP contribution >= 0.6 is 11.3 Å². The number of hydrogen-bond acceptors (Lipinski definition) is 33. The third kappa shape index (κ3) is 27.4. The Hall–Kier alpha value is -15.7. The number of hydrogen-bond donors (Lipinski definition) is 0. The van der Waals surface area contributed by atoms with Crippen LogP contribution in [0.4, 0.5) is 5.82 Å². The highest BCUT2D eigenvalue weighted by atomic mass is 32.2. The summed E-state index contributed by atoms with van der Waals surface area (Å²) in [7, 11) is -1.68. The molecular formula is C89H80N9O29S2-9. The number of piperazine rings is 1. The normalized spacial score (nSPS) is 11.4. The highest BCUT2D eigenvalue weighted by Gasteiger charge is 2.28. The van der Waals surface area contributed by atoms with Gasteiger partial charge in [0.1, 0.15) is 28.9 Å². The van der Waals surface area contributed by atoms with E-state index in [1.54, 1.807) is 96.9 Å². The second-order valence-electron chi connectivity index (χ2n) is 27.7. The lowest BCUT2D eigenvalue weighted by molar-refractivity contribution is -0.307. The molecule has 3 aromatic carbocycles. The first-order valence-electron chi connectivity index (χ1n) is 38.8. The van der Waals surface area contributed by atoms with Crippen molar-refractivity contribution in [3.63, 3.8) is 0 Å². The van der Waals surface area contributed by atoms with E-state index < -0.39 is 139 Å². The van der Waals surface area contributed by atoms with Crippen LogP contribution < -0.4 is 88.1 Å². The number of anilines is 1. The minimum atomic E-state index is -3.20. The SMILES string of the molecule is CC(=O)CCn1c(-c2ccccn2)ccc(C(=O)[O-])c1=O.CC(=O)CCn1c(-c2cccs2)ccc(C(=O)[O-])c1=O.CCOc1ccc(-c2ccc(C(=O)[O-])c(=O)n2CC(=O)[O-])cc1.CCS(=O)(=O)N1CCN(c2ncccc2C(=O)[O-])CC1.COc1ccc(-c2ccc(C(=O)[O-])c(=O)n2CCC(=O)[O-])cc1.Cc1ccc(-c2ccc(C(=O)[O-])c(=O)n2CC(=O)[O-])c(C)c1.